The molecule has 17 heavy (non-hydrogen) atoms. The van der Waals surface area contributed by atoms with Crippen LogP contribution in [0.4, 0.5) is 0 Å². The van der Waals surface area contributed by atoms with Gasteiger partial charge in [0.15, 0.2) is 0 Å². The van der Waals surface area contributed by atoms with Gasteiger partial charge in [-0.1, -0.05) is 13.8 Å². The van der Waals surface area contributed by atoms with E-state index in [0.717, 1.165) is 19.5 Å². The lowest BCUT2D eigenvalue weighted by Gasteiger charge is -2.25. The fourth-order valence-corrected chi connectivity index (χ4v) is 2.46. The maximum Gasteiger partial charge on any atom is 0.323 e. The Bertz CT molecular complexity index is 233. The molecule has 0 amide bonds. The van der Waals surface area contributed by atoms with E-state index >= 15 is 0 Å². The molecule has 1 saturated heterocycles. The van der Waals surface area contributed by atoms with Crippen LogP contribution in [0.1, 0.15) is 40.0 Å². The molecule has 0 aliphatic carbocycles. The highest BCUT2D eigenvalue weighted by atomic mass is 16.5. The maximum absolute atomic E-state index is 11.6. The monoisotopic (exact) mass is 242 g/mol. The summed E-state index contributed by atoms with van der Waals surface area (Å²) < 4.78 is 5.05. The average Bonchev–Trinajstić information content (AvgIpc) is 2.77. The second kappa shape index (κ2) is 7.67. The van der Waals surface area contributed by atoms with E-state index in [1.165, 1.54) is 19.4 Å². The number of likely N-dealkylation sites (N-methyl/N-ethyl adjacent to an activating group) is 1. The molecule has 2 atom stereocenters. The first kappa shape index (κ1) is 14.5. The van der Waals surface area contributed by atoms with E-state index in [1.54, 1.807) is 0 Å². The van der Waals surface area contributed by atoms with Crippen molar-refractivity contribution in [2.75, 3.05) is 26.2 Å². The van der Waals surface area contributed by atoms with Gasteiger partial charge in [0.1, 0.15) is 6.04 Å². The number of esters is 1. The van der Waals surface area contributed by atoms with E-state index in [2.05, 4.69) is 17.1 Å². The highest BCUT2D eigenvalue weighted by molar-refractivity contribution is 5.75. The van der Waals surface area contributed by atoms with Gasteiger partial charge in [0.25, 0.3) is 0 Å². The van der Waals surface area contributed by atoms with Gasteiger partial charge in [-0.25, -0.2) is 0 Å². The number of nitrogens with one attached hydrogen (secondary N) is 1. The second-order valence-corrected chi connectivity index (χ2v) is 4.55. The zero-order chi connectivity index (χ0) is 12.7. The smallest absolute Gasteiger partial charge is 0.323 e. The first-order valence-corrected chi connectivity index (χ1v) is 6.86. The van der Waals surface area contributed by atoms with E-state index in [4.69, 9.17) is 4.74 Å². The Hall–Kier alpha value is -0.610. The number of ether oxygens (including phenoxy) is 1. The van der Waals surface area contributed by atoms with Crippen molar-refractivity contribution in [2.24, 2.45) is 0 Å². The van der Waals surface area contributed by atoms with E-state index in [0.29, 0.717) is 12.6 Å². The largest absolute Gasteiger partial charge is 0.465 e. The first-order valence-electron chi connectivity index (χ1n) is 6.86. The van der Waals surface area contributed by atoms with Gasteiger partial charge in [0.2, 0.25) is 0 Å². The number of nitrogens with zero attached hydrogens (tertiary/aromatic N) is 1. The molecular formula is C13H26N2O2. The van der Waals surface area contributed by atoms with Crippen molar-refractivity contribution >= 4 is 5.97 Å². The summed E-state index contributed by atoms with van der Waals surface area (Å²) in [5.74, 6) is -0.115. The van der Waals surface area contributed by atoms with Crippen LogP contribution in [0.2, 0.25) is 0 Å². The summed E-state index contributed by atoms with van der Waals surface area (Å²) in [6.07, 6.45) is 3.30. The number of hydrogen-bond donors (Lipinski definition) is 1. The van der Waals surface area contributed by atoms with E-state index < -0.39 is 0 Å². The molecule has 2 unspecified atom stereocenters. The quantitative estimate of drug-likeness (QED) is 0.685. The molecule has 1 rings (SSSR count). The maximum atomic E-state index is 11.6. The molecule has 0 saturated carbocycles. The van der Waals surface area contributed by atoms with Gasteiger partial charge in [0.05, 0.1) is 6.61 Å². The lowest BCUT2D eigenvalue weighted by atomic mass is 10.2. The van der Waals surface area contributed by atoms with Crippen molar-refractivity contribution in [2.45, 2.75) is 52.1 Å². The highest BCUT2D eigenvalue weighted by Gasteiger charge is 2.25. The lowest BCUT2D eigenvalue weighted by molar-refractivity contribution is -0.145. The van der Waals surface area contributed by atoms with E-state index in [-0.39, 0.29) is 12.0 Å². The number of hydrogen-bond acceptors (Lipinski definition) is 4. The van der Waals surface area contributed by atoms with Gasteiger partial charge in [-0.3, -0.25) is 9.69 Å². The van der Waals surface area contributed by atoms with Gasteiger partial charge in [-0.2, -0.15) is 0 Å². The number of rotatable bonds is 7. The van der Waals surface area contributed by atoms with Crippen LogP contribution in [-0.2, 0) is 9.53 Å². The molecule has 1 heterocycles. The molecule has 4 nitrogen and oxygen atoms in total. The normalized spacial score (nSPS) is 22.6. The zero-order valence-corrected chi connectivity index (χ0v) is 11.4. The molecule has 0 spiro atoms. The molecule has 0 radical (unpaired) electrons. The number of carbonyl (C=O) groups is 1. The third-order valence-corrected chi connectivity index (χ3v) is 3.48. The highest BCUT2D eigenvalue weighted by Crippen LogP contribution is 2.15. The third-order valence-electron chi connectivity index (χ3n) is 3.48. The molecule has 1 fully saturated rings. The summed E-state index contributed by atoms with van der Waals surface area (Å²) in [6.45, 7) is 9.70. The van der Waals surface area contributed by atoms with Crippen LogP contribution in [0.3, 0.4) is 0 Å². The first-order chi connectivity index (χ1) is 8.22. The van der Waals surface area contributed by atoms with Crippen LogP contribution in [0.25, 0.3) is 0 Å². The summed E-state index contributed by atoms with van der Waals surface area (Å²) in [4.78, 5) is 14.1. The predicted molar refractivity (Wildman–Crippen MR) is 69.0 cm³/mol. The minimum atomic E-state index is -0.144. The summed E-state index contributed by atoms with van der Waals surface area (Å²) >= 11 is 0. The van der Waals surface area contributed by atoms with Gasteiger partial charge in [-0.15, -0.1) is 0 Å². The van der Waals surface area contributed by atoms with E-state index in [1.807, 2.05) is 13.8 Å². The summed E-state index contributed by atoms with van der Waals surface area (Å²) in [5, 5.41) is 3.34. The topological polar surface area (TPSA) is 41.6 Å². The van der Waals surface area contributed by atoms with Gasteiger partial charge in [-0.05, 0) is 39.3 Å². The predicted octanol–water partition coefficient (Wildman–Crippen LogP) is 1.40. The Kier molecular flexibility index (Phi) is 6.52. The molecule has 100 valence electrons. The molecule has 0 aromatic heterocycles. The Morgan fingerprint density at radius 2 is 2.24 bits per heavy atom. The zero-order valence-electron chi connectivity index (χ0n) is 11.4. The summed E-state index contributed by atoms with van der Waals surface area (Å²) in [6, 6.07) is 0.442. The van der Waals surface area contributed by atoms with Crippen molar-refractivity contribution in [3.05, 3.63) is 0 Å². The lowest BCUT2D eigenvalue weighted by Crippen LogP contribution is -2.45. The third kappa shape index (κ3) is 4.28. The Morgan fingerprint density at radius 1 is 1.47 bits per heavy atom. The summed E-state index contributed by atoms with van der Waals surface area (Å²) in [5.41, 5.74) is 0. The minimum Gasteiger partial charge on any atom is -0.465 e. The fraction of sp³-hybridized carbons (Fsp3) is 0.923. The van der Waals surface area contributed by atoms with Crippen LogP contribution >= 0.6 is 0 Å². The van der Waals surface area contributed by atoms with Gasteiger partial charge in [0, 0.05) is 12.6 Å². The van der Waals surface area contributed by atoms with Gasteiger partial charge < -0.3 is 10.1 Å². The Balaban J connectivity index is 2.34. The molecule has 1 aliphatic rings. The molecular weight excluding hydrogens is 216 g/mol. The molecule has 0 aromatic rings. The molecule has 4 heteroatoms. The Morgan fingerprint density at radius 3 is 2.82 bits per heavy atom. The van der Waals surface area contributed by atoms with Crippen LogP contribution in [0.15, 0.2) is 0 Å². The number of likely N-dealkylation sites (tertiary alicyclic amines) is 1. The van der Waals surface area contributed by atoms with Crippen LogP contribution in [0.5, 0.6) is 0 Å². The minimum absolute atomic E-state index is 0.115. The van der Waals surface area contributed by atoms with Crippen LogP contribution < -0.4 is 5.32 Å². The standard InChI is InChI=1S/C13H26N2O2/c1-4-12(13(16)17-6-3)14-10-11-8-7-9-15(11)5-2/h11-12,14H,4-10H2,1-3H3. The SMILES string of the molecule is CCOC(=O)C(CC)NCC1CCCN1CC. The Labute approximate surface area is 105 Å². The summed E-state index contributed by atoms with van der Waals surface area (Å²) in [7, 11) is 0. The molecule has 1 aliphatic heterocycles. The van der Waals surface area contributed by atoms with Crippen molar-refractivity contribution in [1.82, 2.24) is 10.2 Å². The van der Waals surface area contributed by atoms with Crippen LogP contribution in [-0.4, -0.2) is 49.2 Å². The molecule has 1 N–H and O–H groups in total. The van der Waals surface area contributed by atoms with Crippen molar-refractivity contribution in [3.63, 3.8) is 0 Å². The van der Waals surface area contributed by atoms with Crippen molar-refractivity contribution in [1.29, 1.82) is 0 Å². The molecule has 0 aromatic carbocycles. The number of carbonyl (C=O) groups excluding carboxylic acids is 1. The molecule has 0 bridgehead atoms. The van der Waals surface area contributed by atoms with Crippen molar-refractivity contribution < 1.29 is 9.53 Å². The van der Waals surface area contributed by atoms with E-state index in [9.17, 15) is 4.79 Å². The fourth-order valence-electron chi connectivity index (χ4n) is 2.46. The average molecular weight is 242 g/mol. The van der Waals surface area contributed by atoms with Crippen LogP contribution in [0, 0.1) is 0 Å². The second-order valence-electron chi connectivity index (χ2n) is 4.55. The van der Waals surface area contributed by atoms with Gasteiger partial charge >= 0.3 is 5.97 Å². The van der Waals surface area contributed by atoms with Crippen molar-refractivity contribution in [3.8, 4) is 0 Å².